The van der Waals surface area contributed by atoms with Crippen molar-refractivity contribution in [1.82, 2.24) is 15.0 Å². The molecule has 0 radical (unpaired) electrons. The quantitative estimate of drug-likeness (QED) is 0.643. The van der Waals surface area contributed by atoms with Crippen LogP contribution >= 0.6 is 11.3 Å². The molecule has 26 heavy (non-hydrogen) atoms. The topological polar surface area (TPSA) is 68.2 Å². The molecule has 1 aliphatic heterocycles. The third-order valence-electron chi connectivity index (χ3n) is 4.79. The van der Waals surface area contributed by atoms with Gasteiger partial charge in [-0.05, 0) is 36.9 Å². The Morgan fingerprint density at radius 1 is 1.38 bits per heavy atom. The Balaban J connectivity index is 1.71. The second-order valence-electron chi connectivity index (χ2n) is 6.45. The van der Waals surface area contributed by atoms with Crippen molar-refractivity contribution in [2.24, 2.45) is 0 Å². The molecule has 1 aliphatic rings. The fourth-order valence-corrected chi connectivity index (χ4v) is 3.86. The summed E-state index contributed by atoms with van der Waals surface area (Å²) in [5.74, 6) is 0.565. The van der Waals surface area contributed by atoms with Gasteiger partial charge in [-0.3, -0.25) is 9.78 Å². The third kappa shape index (κ3) is 3.14. The van der Waals surface area contributed by atoms with Crippen LogP contribution in [0.5, 0.6) is 0 Å². The van der Waals surface area contributed by atoms with Crippen LogP contribution in [0.3, 0.4) is 0 Å². The van der Waals surface area contributed by atoms with Gasteiger partial charge in [0, 0.05) is 41.8 Å². The van der Waals surface area contributed by atoms with Crippen molar-refractivity contribution in [3.8, 4) is 11.3 Å². The number of carbonyl (C=O) groups is 1. The summed E-state index contributed by atoms with van der Waals surface area (Å²) in [5.41, 5.74) is 2.78. The molecule has 1 fully saturated rings. The number of aromatic nitrogens is 3. The third-order valence-corrected chi connectivity index (χ3v) is 5.60. The Labute approximate surface area is 155 Å². The Morgan fingerprint density at radius 2 is 2.27 bits per heavy atom. The summed E-state index contributed by atoms with van der Waals surface area (Å²) in [6.07, 6.45) is 3.82. The van der Waals surface area contributed by atoms with Gasteiger partial charge >= 0.3 is 5.97 Å². The first-order chi connectivity index (χ1) is 12.7. The van der Waals surface area contributed by atoms with Crippen LogP contribution < -0.4 is 4.90 Å². The second kappa shape index (κ2) is 6.99. The first kappa shape index (κ1) is 16.9. The normalized spacial score (nSPS) is 16.5. The van der Waals surface area contributed by atoms with E-state index in [1.54, 1.807) is 17.5 Å². The van der Waals surface area contributed by atoms with Gasteiger partial charge in [0.05, 0.1) is 19.2 Å². The molecule has 1 atom stereocenters. The van der Waals surface area contributed by atoms with E-state index in [0.717, 1.165) is 39.7 Å². The summed E-state index contributed by atoms with van der Waals surface area (Å²) in [4.78, 5) is 28.6. The highest BCUT2D eigenvalue weighted by atomic mass is 32.1. The van der Waals surface area contributed by atoms with E-state index in [4.69, 9.17) is 14.7 Å². The van der Waals surface area contributed by atoms with Crippen molar-refractivity contribution in [2.75, 3.05) is 18.6 Å². The number of anilines is 1. The molecule has 7 heteroatoms. The van der Waals surface area contributed by atoms with Crippen LogP contribution in [0, 0.1) is 0 Å². The largest absolute Gasteiger partial charge is 0.469 e. The number of aryl methyl sites for hydroxylation is 1. The Bertz CT molecular complexity index is 956. The zero-order valence-electron chi connectivity index (χ0n) is 14.8. The van der Waals surface area contributed by atoms with Crippen molar-refractivity contribution in [1.29, 1.82) is 0 Å². The van der Waals surface area contributed by atoms with E-state index < -0.39 is 0 Å². The lowest BCUT2D eigenvalue weighted by Crippen LogP contribution is -2.46. The lowest BCUT2D eigenvalue weighted by molar-refractivity contribution is -0.140. The number of fused-ring (bicyclic) bond motifs is 1. The van der Waals surface area contributed by atoms with Gasteiger partial charge in [-0.15, -0.1) is 11.3 Å². The molecule has 0 bridgehead atoms. The predicted octanol–water partition coefficient (Wildman–Crippen LogP) is 3.46. The number of thiophene rings is 1. The van der Waals surface area contributed by atoms with Crippen LogP contribution in [0.1, 0.15) is 25.5 Å². The maximum absolute atomic E-state index is 11.4. The molecule has 4 rings (SSSR count). The van der Waals surface area contributed by atoms with Crippen LogP contribution in [0.25, 0.3) is 21.5 Å². The smallest absolute Gasteiger partial charge is 0.305 e. The van der Waals surface area contributed by atoms with E-state index in [1.807, 2.05) is 17.5 Å². The average molecular weight is 368 g/mol. The van der Waals surface area contributed by atoms with Crippen LogP contribution in [0.2, 0.25) is 0 Å². The zero-order valence-corrected chi connectivity index (χ0v) is 15.6. The van der Waals surface area contributed by atoms with Crippen molar-refractivity contribution >= 4 is 33.5 Å². The number of hydrogen-bond acceptors (Lipinski definition) is 7. The molecule has 6 nitrogen and oxygen atoms in total. The van der Waals surface area contributed by atoms with Gasteiger partial charge in [0.25, 0.3) is 0 Å². The van der Waals surface area contributed by atoms with Crippen LogP contribution in [0.4, 0.5) is 5.95 Å². The second-order valence-corrected chi connectivity index (χ2v) is 7.35. The molecule has 0 amide bonds. The average Bonchev–Trinajstić information content (AvgIpc) is 3.13. The van der Waals surface area contributed by atoms with E-state index >= 15 is 0 Å². The van der Waals surface area contributed by atoms with Gasteiger partial charge in [-0.2, -0.15) is 0 Å². The number of hydrogen-bond donors (Lipinski definition) is 0. The highest BCUT2D eigenvalue weighted by molar-refractivity contribution is 7.16. The number of ether oxygens (including phenoxy) is 1. The maximum atomic E-state index is 11.4. The molecule has 4 heterocycles. The molecular formula is C19H20N4O2S. The minimum Gasteiger partial charge on any atom is -0.469 e. The summed E-state index contributed by atoms with van der Waals surface area (Å²) < 4.78 is 4.71. The molecule has 0 aliphatic carbocycles. The van der Waals surface area contributed by atoms with Gasteiger partial charge in [0.1, 0.15) is 4.83 Å². The fourth-order valence-electron chi connectivity index (χ4n) is 3.10. The zero-order chi connectivity index (χ0) is 18.1. The molecular weight excluding hydrogens is 348 g/mol. The molecule has 3 aromatic rings. The Kier molecular flexibility index (Phi) is 4.55. The monoisotopic (exact) mass is 368 g/mol. The van der Waals surface area contributed by atoms with E-state index in [1.165, 1.54) is 13.5 Å². The summed E-state index contributed by atoms with van der Waals surface area (Å²) >= 11 is 1.63. The van der Waals surface area contributed by atoms with Crippen molar-refractivity contribution in [3.63, 3.8) is 0 Å². The van der Waals surface area contributed by atoms with Crippen molar-refractivity contribution in [2.45, 2.75) is 32.2 Å². The number of methoxy groups -OCH3 is 1. The van der Waals surface area contributed by atoms with Gasteiger partial charge in [-0.25, -0.2) is 9.97 Å². The molecule has 0 N–H and O–H groups in total. The first-order valence-corrected chi connectivity index (χ1v) is 9.57. The summed E-state index contributed by atoms with van der Waals surface area (Å²) in [7, 11) is 1.40. The molecule has 3 aromatic heterocycles. The van der Waals surface area contributed by atoms with Gasteiger partial charge in [-0.1, -0.05) is 0 Å². The van der Waals surface area contributed by atoms with Crippen LogP contribution in [-0.2, 0) is 16.0 Å². The maximum Gasteiger partial charge on any atom is 0.305 e. The van der Waals surface area contributed by atoms with Crippen LogP contribution in [-0.4, -0.2) is 40.6 Å². The molecule has 0 saturated carbocycles. The number of carbonyl (C=O) groups excluding carboxylic acids is 1. The number of rotatable bonds is 5. The Morgan fingerprint density at radius 3 is 3.00 bits per heavy atom. The summed E-state index contributed by atoms with van der Waals surface area (Å²) in [6.45, 7) is 3.20. The lowest BCUT2D eigenvalue weighted by atomic mass is 10.1. The minimum absolute atomic E-state index is 0.228. The fraction of sp³-hybridized carbons (Fsp3) is 0.368. The van der Waals surface area contributed by atoms with E-state index in [-0.39, 0.29) is 5.97 Å². The van der Waals surface area contributed by atoms with Crippen LogP contribution in [0.15, 0.2) is 29.8 Å². The molecule has 0 spiro atoms. The van der Waals surface area contributed by atoms with Gasteiger partial charge in [0.15, 0.2) is 0 Å². The van der Waals surface area contributed by atoms with Crippen molar-refractivity contribution < 1.29 is 9.53 Å². The molecule has 1 saturated heterocycles. The lowest BCUT2D eigenvalue weighted by Gasteiger charge is -2.38. The van der Waals surface area contributed by atoms with Gasteiger partial charge < -0.3 is 9.64 Å². The van der Waals surface area contributed by atoms with E-state index in [9.17, 15) is 4.79 Å². The van der Waals surface area contributed by atoms with Crippen molar-refractivity contribution in [3.05, 3.63) is 35.5 Å². The van der Waals surface area contributed by atoms with Gasteiger partial charge in [0.2, 0.25) is 5.95 Å². The van der Waals surface area contributed by atoms with E-state index in [2.05, 4.69) is 22.9 Å². The Hall–Kier alpha value is -2.54. The highest BCUT2D eigenvalue weighted by Gasteiger charge is 2.27. The molecule has 0 aromatic carbocycles. The van der Waals surface area contributed by atoms with E-state index in [0.29, 0.717) is 18.9 Å². The molecule has 0 unspecified atom stereocenters. The summed E-state index contributed by atoms with van der Waals surface area (Å²) in [6, 6.07) is 6.51. The number of esters is 1. The molecule has 134 valence electrons. The number of nitrogens with zero attached hydrogens (tertiary/aromatic N) is 4. The predicted molar refractivity (Wildman–Crippen MR) is 102 cm³/mol. The number of pyridine rings is 1. The SMILES string of the molecule is COC(=O)CCc1cc(-c2nc(N3CC[C@@H]3C)nc3sccc23)ccn1. The first-order valence-electron chi connectivity index (χ1n) is 8.69. The minimum atomic E-state index is -0.228. The highest BCUT2D eigenvalue weighted by Crippen LogP contribution is 2.33. The summed E-state index contributed by atoms with van der Waals surface area (Å²) in [5, 5.41) is 3.10. The standard InChI is InChI=1S/C19H20N4O2S/c1-12-6-9-23(12)19-21-17(15-7-10-26-18(15)22-19)13-5-8-20-14(11-13)3-4-16(24)25-2/h5,7-8,10-12H,3-4,6,9H2,1-2H3/t12-/m0/s1.